The van der Waals surface area contributed by atoms with Crippen molar-refractivity contribution in [3.05, 3.63) is 55.1 Å². The van der Waals surface area contributed by atoms with Gasteiger partial charge in [0, 0.05) is 24.2 Å². The van der Waals surface area contributed by atoms with E-state index >= 15 is 0 Å². The van der Waals surface area contributed by atoms with Gasteiger partial charge in [0.1, 0.15) is 0 Å². The molecule has 0 aliphatic carbocycles. The van der Waals surface area contributed by atoms with Crippen molar-refractivity contribution >= 4 is 49.1 Å². The lowest BCUT2D eigenvalue weighted by Crippen LogP contribution is -2.36. The monoisotopic (exact) mass is 457 g/mol. The van der Waals surface area contributed by atoms with E-state index in [1.165, 1.54) is 11.3 Å². The van der Waals surface area contributed by atoms with Gasteiger partial charge in [0.25, 0.3) is 5.91 Å². The highest BCUT2D eigenvalue weighted by Crippen LogP contribution is 2.33. The molecule has 3 rings (SSSR count). The molecule has 0 saturated carbocycles. The van der Waals surface area contributed by atoms with Crippen molar-refractivity contribution < 1.29 is 9.53 Å². The molecule has 1 saturated heterocycles. The predicted molar refractivity (Wildman–Crippen MR) is 99.9 cm³/mol. The Morgan fingerprint density at radius 2 is 2.09 bits per heavy atom. The van der Waals surface area contributed by atoms with E-state index in [0.717, 1.165) is 38.1 Å². The first-order chi connectivity index (χ1) is 11.1. The van der Waals surface area contributed by atoms with Gasteiger partial charge in [0.15, 0.2) is 0 Å². The SMILES string of the molecule is O=C(c1cc(Br)c(Br)s1)N(Cc1ccccc1)CC1CCCO1. The van der Waals surface area contributed by atoms with E-state index < -0.39 is 0 Å². The maximum Gasteiger partial charge on any atom is 0.264 e. The summed E-state index contributed by atoms with van der Waals surface area (Å²) in [7, 11) is 0. The molecule has 2 heterocycles. The van der Waals surface area contributed by atoms with Crippen molar-refractivity contribution in [3.8, 4) is 0 Å². The Kier molecular flexibility index (Phi) is 5.91. The molecule has 1 unspecified atom stereocenters. The second-order valence-corrected chi connectivity index (χ2v) is 8.76. The van der Waals surface area contributed by atoms with Gasteiger partial charge in [0.05, 0.1) is 14.8 Å². The van der Waals surface area contributed by atoms with Crippen molar-refractivity contribution in [1.29, 1.82) is 0 Å². The normalized spacial score (nSPS) is 17.4. The number of hydrogen-bond acceptors (Lipinski definition) is 3. The number of ether oxygens (including phenoxy) is 1. The lowest BCUT2D eigenvalue weighted by atomic mass is 10.1. The maximum absolute atomic E-state index is 12.9. The lowest BCUT2D eigenvalue weighted by Gasteiger charge is -2.25. The van der Waals surface area contributed by atoms with Crippen LogP contribution in [0.5, 0.6) is 0 Å². The molecular formula is C17H17Br2NO2S. The van der Waals surface area contributed by atoms with Crippen LogP contribution >= 0.6 is 43.2 Å². The quantitative estimate of drug-likeness (QED) is 0.624. The fraction of sp³-hybridized carbons (Fsp3) is 0.353. The number of carbonyl (C=O) groups excluding carboxylic acids is 1. The Labute approximate surface area is 156 Å². The molecule has 1 amide bonds. The van der Waals surface area contributed by atoms with Gasteiger partial charge in [0.2, 0.25) is 0 Å². The highest BCUT2D eigenvalue weighted by Gasteiger charge is 2.25. The molecule has 0 spiro atoms. The minimum absolute atomic E-state index is 0.0563. The summed E-state index contributed by atoms with van der Waals surface area (Å²) in [4.78, 5) is 15.6. The van der Waals surface area contributed by atoms with Crippen LogP contribution < -0.4 is 0 Å². The molecule has 1 aromatic carbocycles. The van der Waals surface area contributed by atoms with E-state index in [-0.39, 0.29) is 12.0 Å². The second kappa shape index (κ2) is 7.92. The number of benzene rings is 1. The Bertz CT molecular complexity index is 649. The standard InChI is InChI=1S/C17H17Br2NO2S/c18-14-9-15(23-16(14)19)17(21)20(11-13-7-4-8-22-13)10-12-5-2-1-3-6-12/h1-3,5-6,9,13H,4,7-8,10-11H2. The lowest BCUT2D eigenvalue weighted by molar-refractivity contribution is 0.0511. The molecule has 1 atom stereocenters. The Morgan fingerprint density at radius 1 is 1.30 bits per heavy atom. The van der Waals surface area contributed by atoms with Crippen molar-refractivity contribution in [2.75, 3.05) is 13.2 Å². The molecule has 0 bridgehead atoms. The Balaban J connectivity index is 1.79. The van der Waals surface area contributed by atoms with Crippen molar-refractivity contribution in [3.63, 3.8) is 0 Å². The average molecular weight is 459 g/mol. The molecule has 0 radical (unpaired) electrons. The van der Waals surface area contributed by atoms with Crippen LogP contribution in [-0.2, 0) is 11.3 Å². The van der Waals surface area contributed by atoms with Crippen LogP contribution in [0, 0.1) is 0 Å². The molecule has 122 valence electrons. The third-order valence-electron chi connectivity index (χ3n) is 3.81. The molecule has 6 heteroatoms. The summed E-state index contributed by atoms with van der Waals surface area (Å²) < 4.78 is 7.59. The fourth-order valence-electron chi connectivity index (χ4n) is 2.67. The smallest absolute Gasteiger partial charge is 0.264 e. The number of hydrogen-bond donors (Lipinski definition) is 0. The minimum Gasteiger partial charge on any atom is -0.376 e. The van der Waals surface area contributed by atoms with E-state index in [4.69, 9.17) is 4.74 Å². The molecule has 1 aromatic heterocycles. The second-order valence-electron chi connectivity index (χ2n) is 5.54. The van der Waals surface area contributed by atoms with Gasteiger partial charge in [-0.3, -0.25) is 4.79 Å². The van der Waals surface area contributed by atoms with Crippen molar-refractivity contribution in [2.24, 2.45) is 0 Å². The maximum atomic E-state index is 12.9. The van der Waals surface area contributed by atoms with E-state index in [1.807, 2.05) is 29.2 Å². The largest absolute Gasteiger partial charge is 0.376 e. The summed E-state index contributed by atoms with van der Waals surface area (Å²) in [5.41, 5.74) is 1.13. The summed E-state index contributed by atoms with van der Waals surface area (Å²) in [6, 6.07) is 12.0. The number of rotatable bonds is 5. The third-order valence-corrected chi connectivity index (χ3v) is 7.05. The van der Waals surface area contributed by atoms with Crippen LogP contribution in [0.15, 0.2) is 44.7 Å². The first-order valence-electron chi connectivity index (χ1n) is 7.53. The van der Waals surface area contributed by atoms with Gasteiger partial charge in [-0.05, 0) is 56.3 Å². The van der Waals surface area contributed by atoms with Crippen LogP contribution in [0.3, 0.4) is 0 Å². The number of thiophene rings is 1. The summed E-state index contributed by atoms with van der Waals surface area (Å²) >= 11 is 8.38. The summed E-state index contributed by atoms with van der Waals surface area (Å²) in [5, 5.41) is 0. The van der Waals surface area contributed by atoms with Crippen molar-refractivity contribution in [1.82, 2.24) is 4.90 Å². The molecule has 0 N–H and O–H groups in total. The Morgan fingerprint density at radius 3 is 2.70 bits per heavy atom. The van der Waals surface area contributed by atoms with Crippen LogP contribution in [0.1, 0.15) is 28.1 Å². The predicted octanol–water partition coefficient (Wildman–Crippen LogP) is 5.09. The summed E-state index contributed by atoms with van der Waals surface area (Å²) in [6.07, 6.45) is 2.25. The average Bonchev–Trinajstić information content (AvgIpc) is 3.17. The first kappa shape index (κ1) is 17.1. The van der Waals surface area contributed by atoms with Gasteiger partial charge in [-0.1, -0.05) is 30.3 Å². The zero-order valence-electron chi connectivity index (χ0n) is 12.5. The number of carbonyl (C=O) groups is 1. The molecule has 1 aliphatic rings. The van der Waals surface area contributed by atoms with Gasteiger partial charge < -0.3 is 9.64 Å². The van der Waals surface area contributed by atoms with E-state index in [1.54, 1.807) is 0 Å². The van der Waals surface area contributed by atoms with Crippen LogP contribution in [-0.4, -0.2) is 30.1 Å². The van der Waals surface area contributed by atoms with Crippen molar-refractivity contribution in [2.45, 2.75) is 25.5 Å². The molecule has 1 fully saturated rings. The zero-order chi connectivity index (χ0) is 16.2. The van der Waals surface area contributed by atoms with Crippen LogP contribution in [0.4, 0.5) is 0 Å². The number of amides is 1. The van der Waals surface area contributed by atoms with Gasteiger partial charge in [-0.15, -0.1) is 11.3 Å². The molecule has 2 aromatic rings. The van der Waals surface area contributed by atoms with Gasteiger partial charge in [-0.2, -0.15) is 0 Å². The molecular weight excluding hydrogens is 442 g/mol. The van der Waals surface area contributed by atoms with Gasteiger partial charge in [-0.25, -0.2) is 0 Å². The van der Waals surface area contributed by atoms with E-state index in [0.29, 0.717) is 13.1 Å². The van der Waals surface area contributed by atoms with Crippen LogP contribution in [0.25, 0.3) is 0 Å². The third kappa shape index (κ3) is 4.44. The fourth-order valence-corrected chi connectivity index (χ4v) is 4.67. The molecule has 1 aliphatic heterocycles. The zero-order valence-corrected chi connectivity index (χ0v) is 16.5. The van der Waals surface area contributed by atoms with E-state index in [2.05, 4.69) is 44.0 Å². The molecule has 3 nitrogen and oxygen atoms in total. The van der Waals surface area contributed by atoms with Gasteiger partial charge >= 0.3 is 0 Å². The highest BCUT2D eigenvalue weighted by atomic mass is 79.9. The molecule has 23 heavy (non-hydrogen) atoms. The highest BCUT2D eigenvalue weighted by molar-refractivity contribution is 9.13. The minimum atomic E-state index is 0.0563. The Hall–Kier alpha value is -0.690. The summed E-state index contributed by atoms with van der Waals surface area (Å²) in [6.45, 7) is 2.04. The topological polar surface area (TPSA) is 29.5 Å². The first-order valence-corrected chi connectivity index (χ1v) is 9.93. The number of nitrogens with zero attached hydrogens (tertiary/aromatic N) is 1. The van der Waals surface area contributed by atoms with Crippen LogP contribution in [0.2, 0.25) is 0 Å². The van der Waals surface area contributed by atoms with E-state index in [9.17, 15) is 4.79 Å². The number of halogens is 2. The summed E-state index contributed by atoms with van der Waals surface area (Å²) in [5.74, 6) is 0.0563.